The molecule has 35 heavy (non-hydrogen) atoms. The van der Waals surface area contributed by atoms with Gasteiger partial charge in [0.05, 0.1) is 25.0 Å². The first-order valence-electron chi connectivity index (χ1n) is 11.2. The van der Waals surface area contributed by atoms with Gasteiger partial charge in [-0.1, -0.05) is 6.07 Å². The van der Waals surface area contributed by atoms with Crippen LogP contribution < -0.4 is 15.7 Å². The van der Waals surface area contributed by atoms with Crippen LogP contribution in [0.5, 0.6) is 5.75 Å². The van der Waals surface area contributed by atoms with Crippen LogP contribution in [0.25, 0.3) is 11.3 Å². The standard InChI is InChI=1S/C27H28FN5O2/c1-17-9-19(12-23(10-17)35-4)15-30-26(34)20-13-22(16-33-8-7-32(3)27(33)29)31-25(14-20)24-6-5-21(28)11-18(24)2/h5-14,29H,15-16H2,1-4H3,(H,30,34). The molecule has 0 aliphatic heterocycles. The largest absolute Gasteiger partial charge is 0.497 e. The van der Waals surface area contributed by atoms with Gasteiger partial charge in [0.25, 0.3) is 5.91 Å². The van der Waals surface area contributed by atoms with Crippen LogP contribution in [-0.4, -0.2) is 27.1 Å². The van der Waals surface area contributed by atoms with Crippen molar-refractivity contribution in [3.8, 4) is 17.0 Å². The number of aromatic nitrogens is 3. The number of pyridine rings is 1. The highest BCUT2D eigenvalue weighted by molar-refractivity contribution is 5.95. The highest BCUT2D eigenvalue weighted by atomic mass is 19.1. The van der Waals surface area contributed by atoms with Gasteiger partial charge in [0.15, 0.2) is 0 Å². The summed E-state index contributed by atoms with van der Waals surface area (Å²) in [7, 11) is 3.41. The number of hydrogen-bond acceptors (Lipinski definition) is 4. The molecule has 2 N–H and O–H groups in total. The number of carbonyl (C=O) groups excluding carboxylic acids is 1. The molecule has 1 amide bonds. The van der Waals surface area contributed by atoms with Gasteiger partial charge in [-0.05, 0) is 73.0 Å². The minimum absolute atomic E-state index is 0.251. The van der Waals surface area contributed by atoms with Crippen molar-refractivity contribution in [2.24, 2.45) is 7.05 Å². The molecule has 4 rings (SSSR count). The number of nitrogens with zero attached hydrogens (tertiary/aromatic N) is 3. The second kappa shape index (κ2) is 9.97. The normalized spacial score (nSPS) is 10.9. The number of rotatable bonds is 7. The molecular weight excluding hydrogens is 445 g/mol. The van der Waals surface area contributed by atoms with Crippen LogP contribution in [0.15, 0.2) is 60.9 Å². The summed E-state index contributed by atoms with van der Waals surface area (Å²) < 4.78 is 22.5. The quantitative estimate of drug-likeness (QED) is 0.424. The van der Waals surface area contributed by atoms with E-state index in [1.807, 2.05) is 32.0 Å². The van der Waals surface area contributed by atoms with Crippen LogP contribution >= 0.6 is 0 Å². The zero-order chi connectivity index (χ0) is 25.1. The molecular formula is C27H28FN5O2. The van der Waals surface area contributed by atoms with E-state index in [2.05, 4.69) is 5.32 Å². The first kappa shape index (κ1) is 23.9. The lowest BCUT2D eigenvalue weighted by Gasteiger charge is -2.13. The predicted octanol–water partition coefficient (Wildman–Crippen LogP) is 4.11. The lowest BCUT2D eigenvalue weighted by Crippen LogP contribution is -2.25. The Morgan fingerprint density at radius 1 is 1.11 bits per heavy atom. The molecule has 180 valence electrons. The Hall–Kier alpha value is -4.20. The molecule has 0 unspecified atom stereocenters. The highest BCUT2D eigenvalue weighted by Gasteiger charge is 2.14. The number of carbonyl (C=O) groups is 1. The topological polar surface area (TPSA) is 84.9 Å². The number of methoxy groups -OCH3 is 1. The number of ether oxygens (including phenoxy) is 1. The minimum atomic E-state index is -0.326. The summed E-state index contributed by atoms with van der Waals surface area (Å²) in [5, 5.41) is 11.2. The van der Waals surface area contributed by atoms with Gasteiger partial charge in [0, 0.05) is 37.1 Å². The lowest BCUT2D eigenvalue weighted by molar-refractivity contribution is 0.0950. The van der Waals surface area contributed by atoms with Crippen molar-refractivity contribution < 1.29 is 13.9 Å². The van der Waals surface area contributed by atoms with Crippen molar-refractivity contribution >= 4 is 5.91 Å². The third kappa shape index (κ3) is 5.48. The fourth-order valence-electron chi connectivity index (χ4n) is 4.01. The molecule has 4 aromatic rings. The van der Waals surface area contributed by atoms with Gasteiger partial charge in [-0.2, -0.15) is 0 Å². The van der Waals surface area contributed by atoms with Crippen molar-refractivity contribution in [2.75, 3.05) is 7.11 Å². The molecule has 8 heteroatoms. The fraction of sp³-hybridized carbons (Fsp3) is 0.222. The van der Waals surface area contributed by atoms with Gasteiger partial charge in [-0.15, -0.1) is 0 Å². The Morgan fingerprint density at radius 2 is 1.91 bits per heavy atom. The number of nitrogens with one attached hydrogen (secondary N) is 2. The average Bonchev–Trinajstić information content (AvgIpc) is 3.14. The monoisotopic (exact) mass is 473 g/mol. The number of imidazole rings is 1. The summed E-state index contributed by atoms with van der Waals surface area (Å²) in [5.41, 5.74) is 5.39. The fourth-order valence-corrected chi connectivity index (χ4v) is 4.01. The summed E-state index contributed by atoms with van der Waals surface area (Å²) in [6.07, 6.45) is 3.59. The molecule has 7 nitrogen and oxygen atoms in total. The van der Waals surface area contributed by atoms with Gasteiger partial charge in [0.1, 0.15) is 11.6 Å². The van der Waals surface area contributed by atoms with Crippen molar-refractivity contribution in [3.63, 3.8) is 0 Å². The Labute approximate surface area is 203 Å². The summed E-state index contributed by atoms with van der Waals surface area (Å²) in [4.78, 5) is 17.9. The molecule has 2 heterocycles. The summed E-state index contributed by atoms with van der Waals surface area (Å²) in [6.45, 7) is 4.44. The van der Waals surface area contributed by atoms with Gasteiger partial charge in [-0.25, -0.2) is 4.39 Å². The van der Waals surface area contributed by atoms with E-state index in [0.29, 0.717) is 35.7 Å². The van der Waals surface area contributed by atoms with E-state index in [4.69, 9.17) is 15.1 Å². The number of amides is 1. The molecule has 0 bridgehead atoms. The maximum Gasteiger partial charge on any atom is 0.251 e. The third-order valence-electron chi connectivity index (χ3n) is 5.81. The number of halogens is 1. The molecule has 0 atom stereocenters. The molecule has 0 saturated carbocycles. The SMILES string of the molecule is COc1cc(C)cc(CNC(=O)c2cc(Cn3ccn(C)c3=N)nc(-c3ccc(F)cc3C)c2)c1. The Bertz CT molecular complexity index is 1450. The zero-order valence-electron chi connectivity index (χ0n) is 20.2. The van der Waals surface area contributed by atoms with Crippen LogP contribution in [0.1, 0.15) is 32.7 Å². The van der Waals surface area contributed by atoms with Crippen molar-refractivity contribution in [1.29, 1.82) is 5.41 Å². The van der Waals surface area contributed by atoms with Crippen LogP contribution in [0.2, 0.25) is 0 Å². The molecule has 0 fully saturated rings. The van der Waals surface area contributed by atoms with E-state index in [0.717, 1.165) is 28.0 Å². The predicted molar refractivity (Wildman–Crippen MR) is 132 cm³/mol. The van der Waals surface area contributed by atoms with Crippen molar-refractivity contribution in [3.05, 3.63) is 100 Å². The summed E-state index contributed by atoms with van der Waals surface area (Å²) in [6, 6.07) is 13.8. The molecule has 2 aromatic heterocycles. The second-order valence-electron chi connectivity index (χ2n) is 8.59. The molecule has 0 radical (unpaired) electrons. The molecule has 0 aliphatic rings. The van der Waals surface area contributed by atoms with E-state index in [-0.39, 0.29) is 11.7 Å². The zero-order valence-corrected chi connectivity index (χ0v) is 20.2. The maximum atomic E-state index is 13.7. The van der Waals surface area contributed by atoms with Crippen molar-refractivity contribution in [1.82, 2.24) is 19.4 Å². The van der Waals surface area contributed by atoms with E-state index in [9.17, 15) is 9.18 Å². The van der Waals surface area contributed by atoms with Gasteiger partial charge in [-0.3, -0.25) is 15.2 Å². The number of hydrogen-bond donors (Lipinski definition) is 2. The van der Waals surface area contributed by atoms with E-state index in [1.54, 1.807) is 53.9 Å². The van der Waals surface area contributed by atoms with Crippen molar-refractivity contribution in [2.45, 2.75) is 26.9 Å². The second-order valence-corrected chi connectivity index (χ2v) is 8.59. The average molecular weight is 474 g/mol. The van der Waals surface area contributed by atoms with E-state index < -0.39 is 0 Å². The summed E-state index contributed by atoms with van der Waals surface area (Å²) >= 11 is 0. The Balaban J connectivity index is 1.68. The van der Waals surface area contributed by atoms with Crippen LogP contribution in [0, 0.1) is 25.1 Å². The van der Waals surface area contributed by atoms with Gasteiger partial charge < -0.3 is 19.2 Å². The van der Waals surface area contributed by atoms with Gasteiger partial charge >= 0.3 is 0 Å². The lowest BCUT2D eigenvalue weighted by atomic mass is 10.0. The first-order valence-corrected chi connectivity index (χ1v) is 11.2. The molecule has 0 aliphatic carbocycles. The maximum absolute atomic E-state index is 13.7. The van der Waals surface area contributed by atoms with Crippen LogP contribution in [0.3, 0.4) is 0 Å². The summed E-state index contributed by atoms with van der Waals surface area (Å²) in [5.74, 6) is 0.160. The van der Waals surface area contributed by atoms with E-state index >= 15 is 0 Å². The van der Waals surface area contributed by atoms with Crippen LogP contribution in [-0.2, 0) is 20.1 Å². The Kier molecular flexibility index (Phi) is 6.82. The smallest absolute Gasteiger partial charge is 0.251 e. The van der Waals surface area contributed by atoms with Gasteiger partial charge in [0.2, 0.25) is 5.62 Å². The highest BCUT2D eigenvalue weighted by Crippen LogP contribution is 2.24. The van der Waals surface area contributed by atoms with E-state index in [1.165, 1.54) is 12.1 Å². The minimum Gasteiger partial charge on any atom is -0.497 e. The molecule has 0 saturated heterocycles. The molecule has 2 aromatic carbocycles. The first-order chi connectivity index (χ1) is 16.7. The number of aryl methyl sites for hydroxylation is 3. The molecule has 0 spiro atoms. The number of benzene rings is 2. The Morgan fingerprint density at radius 3 is 2.60 bits per heavy atom. The van der Waals surface area contributed by atoms with Crippen LogP contribution in [0.4, 0.5) is 4.39 Å². The third-order valence-corrected chi connectivity index (χ3v) is 5.81.